The van der Waals surface area contributed by atoms with Crippen LogP contribution in [-0.4, -0.2) is 41.4 Å². The molecular weight excluding hydrogens is 270 g/mol. The van der Waals surface area contributed by atoms with Gasteiger partial charge in [0.2, 0.25) is 0 Å². The van der Waals surface area contributed by atoms with Gasteiger partial charge in [0.15, 0.2) is 0 Å². The van der Waals surface area contributed by atoms with Crippen molar-refractivity contribution in [3.8, 4) is 0 Å². The van der Waals surface area contributed by atoms with Crippen molar-refractivity contribution in [1.29, 1.82) is 0 Å². The Morgan fingerprint density at radius 3 is 2.95 bits per heavy atom. The number of nitrogens with zero attached hydrogens (tertiary/aromatic N) is 2. The molecule has 7 heteroatoms. The molecule has 1 aromatic carbocycles. The topological polar surface area (TPSA) is 75.5 Å². The molecule has 19 heavy (non-hydrogen) atoms. The highest BCUT2D eigenvalue weighted by molar-refractivity contribution is 6.33. The number of halogens is 1. The monoisotopic (exact) mass is 283 g/mol. The number of amides is 1. The molecular formula is C12H14ClN3O3. The normalized spacial score (nSPS) is 19.3. The van der Waals surface area contributed by atoms with Crippen LogP contribution < -0.4 is 5.32 Å². The zero-order valence-corrected chi connectivity index (χ0v) is 11.2. The minimum absolute atomic E-state index is 0.0385. The number of piperazine rings is 1. The number of carbonyl (C=O) groups excluding carboxylic acids is 1. The molecule has 0 aromatic heterocycles. The van der Waals surface area contributed by atoms with Gasteiger partial charge in [0.1, 0.15) is 0 Å². The van der Waals surface area contributed by atoms with Gasteiger partial charge in [-0.05, 0) is 13.0 Å². The predicted octanol–water partition coefficient (Wildman–Crippen LogP) is 1.68. The molecule has 1 saturated heterocycles. The summed E-state index contributed by atoms with van der Waals surface area (Å²) in [7, 11) is 0. The minimum Gasteiger partial charge on any atom is -0.333 e. The molecule has 102 valence electrons. The van der Waals surface area contributed by atoms with E-state index in [4.69, 9.17) is 11.6 Å². The summed E-state index contributed by atoms with van der Waals surface area (Å²) in [5.41, 5.74) is 0.0557. The molecule has 0 bridgehead atoms. The van der Waals surface area contributed by atoms with Crippen molar-refractivity contribution in [2.75, 3.05) is 19.6 Å². The first-order valence-corrected chi connectivity index (χ1v) is 6.34. The first-order valence-electron chi connectivity index (χ1n) is 5.96. The second-order valence-corrected chi connectivity index (χ2v) is 4.88. The molecule has 1 aliphatic rings. The van der Waals surface area contributed by atoms with Crippen molar-refractivity contribution in [3.63, 3.8) is 0 Å². The van der Waals surface area contributed by atoms with Crippen molar-refractivity contribution in [3.05, 3.63) is 38.9 Å². The van der Waals surface area contributed by atoms with Gasteiger partial charge in [0, 0.05) is 37.8 Å². The Bertz CT molecular complexity index is 521. The van der Waals surface area contributed by atoms with Crippen LogP contribution in [0.15, 0.2) is 18.2 Å². The molecule has 0 saturated carbocycles. The van der Waals surface area contributed by atoms with Gasteiger partial charge in [0.05, 0.1) is 15.5 Å². The van der Waals surface area contributed by atoms with E-state index in [0.717, 1.165) is 0 Å². The van der Waals surface area contributed by atoms with Crippen molar-refractivity contribution in [2.24, 2.45) is 0 Å². The van der Waals surface area contributed by atoms with Gasteiger partial charge in [-0.25, -0.2) is 0 Å². The summed E-state index contributed by atoms with van der Waals surface area (Å²) in [5.74, 6) is -0.261. The molecule has 0 spiro atoms. The van der Waals surface area contributed by atoms with E-state index < -0.39 is 4.92 Å². The Hall–Kier alpha value is -1.66. The first-order chi connectivity index (χ1) is 9.00. The minimum atomic E-state index is -0.533. The lowest BCUT2D eigenvalue weighted by molar-refractivity contribution is -0.384. The maximum atomic E-state index is 12.4. The standard InChI is InChI=1S/C12H14ClN3O3/c1-8-7-14-4-5-15(8)12(17)10-6-9(16(18)19)2-3-11(10)13/h2-3,6,8,14H,4-5,7H2,1H3/t8-/m0/s1. The second kappa shape index (κ2) is 5.54. The molecule has 1 heterocycles. The van der Waals surface area contributed by atoms with E-state index in [1.807, 2.05) is 6.92 Å². The third-order valence-electron chi connectivity index (χ3n) is 3.15. The van der Waals surface area contributed by atoms with Crippen molar-refractivity contribution in [1.82, 2.24) is 10.2 Å². The number of non-ortho nitro benzene ring substituents is 1. The number of benzene rings is 1. The van der Waals surface area contributed by atoms with Crippen molar-refractivity contribution >= 4 is 23.2 Å². The third kappa shape index (κ3) is 2.85. The van der Waals surface area contributed by atoms with E-state index in [1.165, 1.54) is 18.2 Å². The van der Waals surface area contributed by atoms with Gasteiger partial charge in [0.25, 0.3) is 11.6 Å². The molecule has 1 atom stereocenters. The molecule has 0 radical (unpaired) electrons. The van der Waals surface area contributed by atoms with Crippen LogP contribution in [0.25, 0.3) is 0 Å². The third-order valence-corrected chi connectivity index (χ3v) is 3.48. The Morgan fingerprint density at radius 1 is 1.58 bits per heavy atom. The zero-order chi connectivity index (χ0) is 14.0. The summed E-state index contributed by atoms with van der Waals surface area (Å²) in [5, 5.41) is 14.2. The Kier molecular flexibility index (Phi) is 4.01. The average Bonchev–Trinajstić information content (AvgIpc) is 2.38. The Labute approximate surface area is 115 Å². The molecule has 1 aromatic rings. The van der Waals surface area contributed by atoms with Gasteiger partial charge in [-0.3, -0.25) is 14.9 Å². The van der Waals surface area contributed by atoms with Gasteiger partial charge >= 0.3 is 0 Å². The van der Waals surface area contributed by atoms with Gasteiger partial charge in [-0.1, -0.05) is 11.6 Å². The van der Waals surface area contributed by atoms with Crippen LogP contribution in [0.2, 0.25) is 5.02 Å². The molecule has 2 rings (SSSR count). The van der Waals surface area contributed by atoms with E-state index >= 15 is 0 Å². The van der Waals surface area contributed by atoms with E-state index in [-0.39, 0.29) is 28.2 Å². The number of hydrogen-bond acceptors (Lipinski definition) is 4. The number of nitrogens with one attached hydrogen (secondary N) is 1. The van der Waals surface area contributed by atoms with Crippen LogP contribution in [0.1, 0.15) is 17.3 Å². The largest absolute Gasteiger partial charge is 0.333 e. The SMILES string of the molecule is C[C@H]1CNCCN1C(=O)c1cc([N+](=O)[O-])ccc1Cl. The summed E-state index contributed by atoms with van der Waals surface area (Å²) in [6, 6.07) is 3.95. The summed E-state index contributed by atoms with van der Waals surface area (Å²) in [6.07, 6.45) is 0. The van der Waals surface area contributed by atoms with Gasteiger partial charge in [-0.2, -0.15) is 0 Å². The van der Waals surface area contributed by atoms with Crippen LogP contribution in [0.3, 0.4) is 0 Å². The lowest BCUT2D eigenvalue weighted by atomic mass is 10.1. The highest BCUT2D eigenvalue weighted by Gasteiger charge is 2.26. The molecule has 1 N–H and O–H groups in total. The average molecular weight is 284 g/mol. The maximum Gasteiger partial charge on any atom is 0.270 e. The summed E-state index contributed by atoms with van der Waals surface area (Å²) < 4.78 is 0. The Morgan fingerprint density at radius 2 is 2.32 bits per heavy atom. The van der Waals surface area contributed by atoms with E-state index in [0.29, 0.717) is 19.6 Å². The lowest BCUT2D eigenvalue weighted by Gasteiger charge is -2.34. The molecule has 6 nitrogen and oxygen atoms in total. The number of rotatable bonds is 2. The number of nitro benzene ring substituents is 1. The molecule has 1 aliphatic heterocycles. The summed E-state index contributed by atoms with van der Waals surface area (Å²) in [6.45, 7) is 3.91. The van der Waals surface area contributed by atoms with E-state index in [9.17, 15) is 14.9 Å². The fourth-order valence-electron chi connectivity index (χ4n) is 2.09. The molecule has 1 amide bonds. The second-order valence-electron chi connectivity index (χ2n) is 4.47. The maximum absolute atomic E-state index is 12.4. The fraction of sp³-hybridized carbons (Fsp3) is 0.417. The summed E-state index contributed by atoms with van der Waals surface area (Å²) in [4.78, 5) is 24.3. The lowest BCUT2D eigenvalue weighted by Crippen LogP contribution is -2.52. The van der Waals surface area contributed by atoms with Gasteiger partial charge in [-0.15, -0.1) is 0 Å². The Balaban J connectivity index is 2.32. The smallest absolute Gasteiger partial charge is 0.270 e. The zero-order valence-electron chi connectivity index (χ0n) is 10.4. The van der Waals surface area contributed by atoms with Crippen LogP contribution in [-0.2, 0) is 0 Å². The predicted molar refractivity (Wildman–Crippen MR) is 71.5 cm³/mol. The van der Waals surface area contributed by atoms with Crippen molar-refractivity contribution < 1.29 is 9.72 Å². The van der Waals surface area contributed by atoms with E-state index in [2.05, 4.69) is 5.32 Å². The highest BCUT2D eigenvalue weighted by atomic mass is 35.5. The molecule has 0 unspecified atom stereocenters. The van der Waals surface area contributed by atoms with Crippen LogP contribution in [0.5, 0.6) is 0 Å². The highest BCUT2D eigenvalue weighted by Crippen LogP contribution is 2.24. The number of carbonyl (C=O) groups is 1. The van der Waals surface area contributed by atoms with Gasteiger partial charge < -0.3 is 10.2 Å². The van der Waals surface area contributed by atoms with Crippen LogP contribution in [0.4, 0.5) is 5.69 Å². The first kappa shape index (κ1) is 13.8. The van der Waals surface area contributed by atoms with E-state index in [1.54, 1.807) is 4.90 Å². The van der Waals surface area contributed by atoms with Crippen LogP contribution >= 0.6 is 11.6 Å². The quantitative estimate of drug-likeness (QED) is 0.662. The number of hydrogen-bond donors (Lipinski definition) is 1. The number of nitro groups is 1. The van der Waals surface area contributed by atoms with Crippen molar-refractivity contribution in [2.45, 2.75) is 13.0 Å². The molecule has 1 fully saturated rings. The van der Waals surface area contributed by atoms with Crippen LogP contribution in [0, 0.1) is 10.1 Å². The fourth-order valence-corrected chi connectivity index (χ4v) is 2.29. The summed E-state index contributed by atoms with van der Waals surface area (Å²) >= 11 is 5.98. The molecule has 0 aliphatic carbocycles.